The first-order valence-electron chi connectivity index (χ1n) is 11.7. The molecule has 1 aromatic carbocycles. The van der Waals surface area contributed by atoms with E-state index < -0.39 is 0 Å². The van der Waals surface area contributed by atoms with Crippen LogP contribution in [0.2, 0.25) is 0 Å². The van der Waals surface area contributed by atoms with Crippen LogP contribution in [0.4, 0.5) is 0 Å². The van der Waals surface area contributed by atoms with Gasteiger partial charge in [0, 0.05) is 32.6 Å². The highest BCUT2D eigenvalue weighted by Gasteiger charge is 2.33. The number of piperidine rings is 1. The van der Waals surface area contributed by atoms with Crippen LogP contribution in [0.3, 0.4) is 0 Å². The van der Waals surface area contributed by atoms with Crippen LogP contribution in [-0.2, 0) is 20.8 Å². The Labute approximate surface area is 195 Å². The summed E-state index contributed by atoms with van der Waals surface area (Å²) in [5.74, 6) is 0.680. The van der Waals surface area contributed by atoms with Gasteiger partial charge in [-0.2, -0.15) is 0 Å². The van der Waals surface area contributed by atoms with E-state index in [0.717, 1.165) is 37.9 Å². The van der Waals surface area contributed by atoms with Gasteiger partial charge in [0.1, 0.15) is 0 Å². The summed E-state index contributed by atoms with van der Waals surface area (Å²) in [5, 5.41) is 2.97. The number of ether oxygens (including phenoxy) is 2. The Kier molecular flexibility index (Phi) is 8.94. The summed E-state index contributed by atoms with van der Waals surface area (Å²) in [6.45, 7) is 4.07. The number of carbonyl (C=O) groups excluding carboxylic acids is 3. The van der Waals surface area contributed by atoms with Gasteiger partial charge in [-0.15, -0.1) is 0 Å². The number of methoxy groups -OCH3 is 2. The van der Waals surface area contributed by atoms with Gasteiger partial charge in [-0.3, -0.25) is 14.4 Å². The van der Waals surface area contributed by atoms with Gasteiger partial charge in [-0.25, -0.2) is 0 Å². The van der Waals surface area contributed by atoms with Crippen molar-refractivity contribution in [3.8, 4) is 11.5 Å². The van der Waals surface area contributed by atoms with Gasteiger partial charge in [-0.05, 0) is 56.5 Å². The van der Waals surface area contributed by atoms with Crippen molar-refractivity contribution in [3.63, 3.8) is 0 Å². The molecule has 0 spiro atoms. The second-order valence-corrected chi connectivity index (χ2v) is 8.87. The van der Waals surface area contributed by atoms with Gasteiger partial charge < -0.3 is 30.3 Å². The Morgan fingerprint density at radius 3 is 2.64 bits per heavy atom. The number of benzene rings is 1. The number of nitrogens with one attached hydrogen (secondary N) is 1. The number of likely N-dealkylation sites (tertiary alicyclic amines) is 2. The average Bonchev–Trinajstić information content (AvgIpc) is 3.20. The molecule has 1 aromatic rings. The predicted molar refractivity (Wildman–Crippen MR) is 124 cm³/mol. The fourth-order valence-corrected chi connectivity index (χ4v) is 4.61. The van der Waals surface area contributed by atoms with Crippen molar-refractivity contribution in [2.45, 2.75) is 32.1 Å². The largest absolute Gasteiger partial charge is 0.493 e. The minimum absolute atomic E-state index is 0.0152. The lowest BCUT2D eigenvalue weighted by atomic mass is 9.97. The van der Waals surface area contributed by atoms with Gasteiger partial charge in [0.2, 0.25) is 17.7 Å². The molecule has 2 aliphatic rings. The number of rotatable bonds is 11. The molecule has 2 saturated heterocycles. The van der Waals surface area contributed by atoms with E-state index in [1.807, 2.05) is 18.2 Å². The maximum Gasteiger partial charge on any atom is 0.225 e. The molecule has 3 rings (SSSR count). The Hall–Kier alpha value is -2.81. The van der Waals surface area contributed by atoms with E-state index in [9.17, 15) is 14.4 Å². The summed E-state index contributed by atoms with van der Waals surface area (Å²) in [4.78, 5) is 40.4. The van der Waals surface area contributed by atoms with Crippen molar-refractivity contribution >= 4 is 17.7 Å². The zero-order valence-corrected chi connectivity index (χ0v) is 19.7. The first-order valence-corrected chi connectivity index (χ1v) is 11.7. The Morgan fingerprint density at radius 1 is 1.12 bits per heavy atom. The van der Waals surface area contributed by atoms with Crippen molar-refractivity contribution < 1.29 is 23.9 Å². The van der Waals surface area contributed by atoms with Crippen LogP contribution in [0.25, 0.3) is 0 Å². The van der Waals surface area contributed by atoms with Crippen LogP contribution in [0.15, 0.2) is 18.2 Å². The third kappa shape index (κ3) is 6.83. The SMILES string of the molecule is COc1ccc(CCN2CC(C(=O)NCCCN3CCCC(C(N)=O)C3)CC2=O)cc1OC. The molecule has 3 N–H and O–H groups in total. The van der Waals surface area contributed by atoms with Gasteiger partial charge in [0.15, 0.2) is 11.5 Å². The average molecular weight is 461 g/mol. The molecule has 0 saturated carbocycles. The fourth-order valence-electron chi connectivity index (χ4n) is 4.61. The van der Waals surface area contributed by atoms with E-state index in [4.69, 9.17) is 15.2 Å². The second-order valence-electron chi connectivity index (χ2n) is 8.87. The second kappa shape index (κ2) is 11.9. The molecule has 0 bridgehead atoms. The van der Waals surface area contributed by atoms with E-state index in [2.05, 4.69) is 10.2 Å². The lowest BCUT2D eigenvalue weighted by Gasteiger charge is -2.31. The van der Waals surface area contributed by atoms with E-state index in [1.165, 1.54) is 0 Å². The molecule has 0 aliphatic carbocycles. The Bertz CT molecular complexity index is 846. The highest BCUT2D eigenvalue weighted by Crippen LogP contribution is 2.28. The first kappa shape index (κ1) is 24.8. The molecule has 0 radical (unpaired) electrons. The maximum atomic E-state index is 12.6. The third-order valence-corrected chi connectivity index (χ3v) is 6.56. The molecule has 3 amide bonds. The van der Waals surface area contributed by atoms with Crippen LogP contribution >= 0.6 is 0 Å². The fraction of sp³-hybridized carbons (Fsp3) is 0.625. The summed E-state index contributed by atoms with van der Waals surface area (Å²) in [5.41, 5.74) is 6.48. The Balaban J connectivity index is 1.38. The molecule has 2 heterocycles. The third-order valence-electron chi connectivity index (χ3n) is 6.56. The number of carbonyl (C=O) groups is 3. The molecule has 9 heteroatoms. The highest BCUT2D eigenvalue weighted by atomic mass is 16.5. The molecule has 2 fully saturated rings. The van der Waals surface area contributed by atoms with Gasteiger partial charge in [0.25, 0.3) is 0 Å². The zero-order chi connectivity index (χ0) is 23.8. The molecule has 2 aliphatic heterocycles. The number of primary amides is 1. The molecule has 182 valence electrons. The van der Waals surface area contributed by atoms with Gasteiger partial charge in [0.05, 0.1) is 26.1 Å². The smallest absolute Gasteiger partial charge is 0.225 e. The van der Waals surface area contributed by atoms with Gasteiger partial charge >= 0.3 is 0 Å². The normalized spacial score (nSPS) is 21.2. The number of hydrogen-bond acceptors (Lipinski definition) is 6. The molecule has 0 aromatic heterocycles. The Morgan fingerprint density at radius 2 is 1.91 bits per heavy atom. The summed E-state index contributed by atoms with van der Waals surface area (Å²) >= 11 is 0. The first-order chi connectivity index (χ1) is 15.9. The lowest BCUT2D eigenvalue weighted by molar-refractivity contribution is -0.129. The van der Waals surface area contributed by atoms with Crippen molar-refractivity contribution in [2.75, 3.05) is 53.5 Å². The van der Waals surface area contributed by atoms with Crippen LogP contribution in [0, 0.1) is 11.8 Å². The molecule has 2 atom stereocenters. The summed E-state index contributed by atoms with van der Waals surface area (Å²) in [7, 11) is 3.19. The topological polar surface area (TPSA) is 114 Å². The molecule has 9 nitrogen and oxygen atoms in total. The van der Waals surface area contributed by atoms with E-state index in [1.54, 1.807) is 19.1 Å². The molecular weight excluding hydrogens is 424 g/mol. The number of nitrogens with two attached hydrogens (primary N) is 1. The van der Waals surface area contributed by atoms with Crippen LogP contribution in [0.1, 0.15) is 31.2 Å². The quantitative estimate of drug-likeness (QED) is 0.472. The standard InChI is InChI=1S/C24H36N4O5/c1-32-20-7-6-17(13-21(20)33-2)8-12-28-16-19(14-22(28)29)24(31)26-9-4-11-27-10-3-5-18(15-27)23(25)30/h6-7,13,18-19H,3-5,8-12,14-16H2,1-2H3,(H2,25,30)(H,26,31). The van der Waals surface area contributed by atoms with E-state index >= 15 is 0 Å². The monoisotopic (exact) mass is 460 g/mol. The van der Waals surface area contributed by atoms with Crippen molar-refractivity contribution in [1.29, 1.82) is 0 Å². The van der Waals surface area contributed by atoms with Crippen LogP contribution < -0.4 is 20.5 Å². The molecule has 2 unspecified atom stereocenters. The predicted octanol–water partition coefficient (Wildman–Crippen LogP) is 0.798. The maximum absolute atomic E-state index is 12.6. The highest BCUT2D eigenvalue weighted by molar-refractivity contribution is 5.89. The summed E-state index contributed by atoms with van der Waals surface area (Å²) in [6, 6.07) is 5.73. The van der Waals surface area contributed by atoms with Crippen LogP contribution in [0.5, 0.6) is 11.5 Å². The summed E-state index contributed by atoms with van der Waals surface area (Å²) in [6.07, 6.45) is 3.58. The van der Waals surface area contributed by atoms with Crippen molar-refractivity contribution in [2.24, 2.45) is 17.6 Å². The zero-order valence-electron chi connectivity index (χ0n) is 19.7. The van der Waals surface area contributed by atoms with Crippen molar-refractivity contribution in [1.82, 2.24) is 15.1 Å². The number of nitrogens with zero attached hydrogens (tertiary/aromatic N) is 2. The lowest BCUT2D eigenvalue weighted by Crippen LogP contribution is -2.42. The van der Waals surface area contributed by atoms with Crippen molar-refractivity contribution in [3.05, 3.63) is 23.8 Å². The van der Waals surface area contributed by atoms with E-state index in [0.29, 0.717) is 44.1 Å². The minimum Gasteiger partial charge on any atom is -0.493 e. The van der Waals surface area contributed by atoms with E-state index in [-0.39, 0.29) is 36.0 Å². The number of amides is 3. The minimum atomic E-state index is -0.308. The molecule has 33 heavy (non-hydrogen) atoms. The molecular formula is C24H36N4O5. The number of hydrogen-bond donors (Lipinski definition) is 2. The van der Waals surface area contributed by atoms with Crippen LogP contribution in [-0.4, -0.2) is 81.0 Å². The summed E-state index contributed by atoms with van der Waals surface area (Å²) < 4.78 is 10.6. The van der Waals surface area contributed by atoms with Gasteiger partial charge in [-0.1, -0.05) is 6.07 Å².